The van der Waals surface area contributed by atoms with Crippen molar-refractivity contribution in [2.24, 2.45) is 0 Å². The molecule has 454 valence electrons. The van der Waals surface area contributed by atoms with Crippen LogP contribution in [0.15, 0.2) is 166 Å². The summed E-state index contributed by atoms with van der Waals surface area (Å²) in [6.45, 7) is 11.3. The Labute approximate surface area is 521 Å². The SMILES string of the molecule is C=C/C(=C\C(=C/C)C(=O)NCCCCCNC(=O)CCCCCN1C=CC2=C3CSc4ccccc4NCCC3Oc3cccc1c32)C(=O)NCCCCCNC(=O)CCCCC[n+]1ccc2c3c(cccc31)OC1CCN3C(=C21)Sc1ccccc13. The van der Waals surface area contributed by atoms with Crippen molar-refractivity contribution in [2.75, 3.05) is 66.7 Å². The molecule has 0 bridgehead atoms. The van der Waals surface area contributed by atoms with Gasteiger partial charge in [-0.25, -0.2) is 0 Å². The highest BCUT2D eigenvalue weighted by atomic mass is 32.2. The molecule has 2 unspecified atom stereocenters. The van der Waals surface area contributed by atoms with Gasteiger partial charge in [0.2, 0.25) is 17.3 Å². The number of nitrogens with one attached hydrogen (secondary N) is 5. The fourth-order valence-corrected chi connectivity index (χ4v) is 15.0. The summed E-state index contributed by atoms with van der Waals surface area (Å²) < 4.78 is 15.7. The Hall–Kier alpha value is -7.69. The summed E-state index contributed by atoms with van der Waals surface area (Å²) in [6.07, 6.45) is 24.8. The fourth-order valence-electron chi connectivity index (χ4n) is 12.6. The third kappa shape index (κ3) is 14.7. The number of amides is 4. The zero-order valence-electron chi connectivity index (χ0n) is 50.3. The number of aromatic nitrogens is 1. The lowest BCUT2D eigenvalue weighted by Gasteiger charge is -2.37. The Morgan fingerprint density at radius 2 is 1.36 bits per heavy atom. The van der Waals surface area contributed by atoms with Crippen LogP contribution in [0, 0.1) is 0 Å². The van der Waals surface area contributed by atoms with Crippen LogP contribution in [0.1, 0.15) is 121 Å². The molecule has 14 nitrogen and oxygen atoms in total. The fraction of sp³-hybridized carbons (Fsp3) is 0.394. The second-order valence-corrected chi connectivity index (χ2v) is 25.2. The van der Waals surface area contributed by atoms with E-state index in [9.17, 15) is 19.2 Å². The molecule has 7 heterocycles. The van der Waals surface area contributed by atoms with Gasteiger partial charge in [-0.2, -0.15) is 4.57 Å². The first-order chi connectivity index (χ1) is 42.8. The number of aryl methyl sites for hydroxylation is 1. The van der Waals surface area contributed by atoms with E-state index in [4.69, 9.17) is 9.47 Å². The number of thioether (sulfide) groups is 2. The molecule has 1 aromatic heterocycles. The number of allylic oxidation sites excluding steroid dienone is 3. The molecule has 5 aromatic rings. The molecular weight excluding hydrogens is 1120 g/mol. The molecule has 5 N–H and O–H groups in total. The first-order valence-corrected chi connectivity index (χ1v) is 33.5. The number of hydrogen-bond acceptors (Lipinski definition) is 11. The first-order valence-electron chi connectivity index (χ1n) is 31.7. The van der Waals surface area contributed by atoms with Crippen LogP contribution < -0.4 is 50.4 Å². The quantitative estimate of drug-likeness (QED) is 0.0141. The van der Waals surface area contributed by atoms with E-state index in [-0.39, 0.29) is 35.8 Å². The number of fused-ring (bicyclic) bond motifs is 7. The van der Waals surface area contributed by atoms with Crippen molar-refractivity contribution in [3.8, 4) is 11.5 Å². The summed E-state index contributed by atoms with van der Waals surface area (Å²) in [7, 11) is 0. The molecular formula is C71H83N8O6S2+. The normalized spacial score (nSPS) is 17.2. The molecule has 0 spiro atoms. The molecule has 87 heavy (non-hydrogen) atoms. The minimum atomic E-state index is -0.285. The van der Waals surface area contributed by atoms with E-state index in [1.807, 2.05) is 23.5 Å². The number of rotatable bonds is 28. The largest absolute Gasteiger partial charge is 0.485 e. The minimum absolute atomic E-state index is 0.0420. The smallest absolute Gasteiger partial charge is 0.251 e. The highest BCUT2D eigenvalue weighted by molar-refractivity contribution is 8.04. The van der Waals surface area contributed by atoms with Gasteiger partial charge in [0.05, 0.1) is 21.8 Å². The number of ether oxygens (including phenoxy) is 2. The van der Waals surface area contributed by atoms with Crippen molar-refractivity contribution in [2.45, 2.75) is 138 Å². The Kier molecular flexibility index (Phi) is 20.9. The van der Waals surface area contributed by atoms with Gasteiger partial charge in [0.15, 0.2) is 6.20 Å². The number of anilines is 3. The van der Waals surface area contributed by atoms with Gasteiger partial charge >= 0.3 is 0 Å². The van der Waals surface area contributed by atoms with Crippen molar-refractivity contribution in [1.82, 2.24) is 21.3 Å². The van der Waals surface area contributed by atoms with E-state index in [0.717, 1.165) is 133 Å². The Balaban J connectivity index is 0.507. The monoisotopic (exact) mass is 1210 g/mol. The second kappa shape index (κ2) is 29.8. The van der Waals surface area contributed by atoms with Crippen molar-refractivity contribution < 1.29 is 33.2 Å². The van der Waals surface area contributed by atoms with Gasteiger partial charge in [0.1, 0.15) is 30.3 Å². The number of carbonyl (C=O) groups is 4. The van der Waals surface area contributed by atoms with Crippen LogP contribution in [-0.4, -0.2) is 87.4 Å². The summed E-state index contributed by atoms with van der Waals surface area (Å²) in [5.74, 6) is 2.42. The highest BCUT2D eigenvalue weighted by Gasteiger charge is 2.41. The number of para-hydroxylation sites is 2. The summed E-state index contributed by atoms with van der Waals surface area (Å²) in [5, 5.41) is 18.2. The van der Waals surface area contributed by atoms with Crippen molar-refractivity contribution >= 4 is 86.3 Å². The zero-order valence-corrected chi connectivity index (χ0v) is 51.9. The maximum atomic E-state index is 13.1. The second-order valence-electron chi connectivity index (χ2n) is 23.1. The van der Waals surface area contributed by atoms with Crippen LogP contribution in [0.3, 0.4) is 0 Å². The molecule has 0 saturated heterocycles. The molecule has 11 rings (SSSR count). The van der Waals surface area contributed by atoms with Gasteiger partial charge in [0.25, 0.3) is 11.8 Å². The topological polar surface area (TPSA) is 157 Å². The Morgan fingerprint density at radius 3 is 2.13 bits per heavy atom. The lowest BCUT2D eigenvalue weighted by molar-refractivity contribution is -0.671. The molecule has 4 aromatic carbocycles. The van der Waals surface area contributed by atoms with Gasteiger partial charge in [0, 0.05) is 145 Å². The molecule has 4 amide bonds. The maximum absolute atomic E-state index is 13.1. The lowest BCUT2D eigenvalue weighted by atomic mass is 9.89. The van der Waals surface area contributed by atoms with E-state index in [1.165, 1.54) is 76.7 Å². The first kappa shape index (κ1) is 61.0. The van der Waals surface area contributed by atoms with Crippen LogP contribution in [0.2, 0.25) is 0 Å². The average Bonchev–Trinajstić information content (AvgIpc) is 1.81. The number of carbonyl (C=O) groups excluding carboxylic acids is 4. The molecule has 0 radical (unpaired) electrons. The number of pyridine rings is 1. The summed E-state index contributed by atoms with van der Waals surface area (Å²) in [4.78, 5) is 58.9. The maximum Gasteiger partial charge on any atom is 0.251 e. The van der Waals surface area contributed by atoms with Gasteiger partial charge in [-0.3, -0.25) is 19.2 Å². The van der Waals surface area contributed by atoms with Gasteiger partial charge in [-0.05, 0) is 137 Å². The van der Waals surface area contributed by atoms with Crippen LogP contribution >= 0.6 is 23.5 Å². The van der Waals surface area contributed by atoms with E-state index in [2.05, 4.69) is 157 Å². The number of hydrogen-bond donors (Lipinski definition) is 5. The molecule has 16 heteroatoms. The average molecular weight is 1210 g/mol. The van der Waals surface area contributed by atoms with Gasteiger partial charge in [-0.1, -0.05) is 73.3 Å². The van der Waals surface area contributed by atoms with Crippen LogP contribution in [-0.2, 0) is 25.7 Å². The van der Waals surface area contributed by atoms with Crippen LogP contribution in [0.5, 0.6) is 11.5 Å². The summed E-state index contributed by atoms with van der Waals surface area (Å²) >= 11 is 3.73. The third-order valence-electron chi connectivity index (χ3n) is 17.2. The molecule has 0 aliphatic carbocycles. The minimum Gasteiger partial charge on any atom is -0.485 e. The molecule has 0 fully saturated rings. The van der Waals surface area contributed by atoms with E-state index >= 15 is 0 Å². The molecule has 6 aliphatic heterocycles. The zero-order chi connectivity index (χ0) is 59.9. The summed E-state index contributed by atoms with van der Waals surface area (Å²) in [5.41, 5.74) is 12.0. The standard InChI is InChI=1S/C71H82N8O6S2/c1-3-49(69(82)75-39-17-7-15-37-73-64(80)31-9-5-19-42-77-44-34-51-53-48-86-62-29-13-11-23-54(62)72-41-33-58(53)84-59-27-21-25-56(77)66(51)59)47-50(4-2)70(83)76-40-18-8-16-38-74-65(81)32-10-6-20-43-78-45-35-52-67-57(78)26-22-28-60(67)85-61-36-46-79-55-24-12-14-30-63(55)87-71(79)68(52)61/h3-4,11-14,21-30,34-35,44-45,47,58,61,72H,2,5-10,15-20,31-33,36-43,46,48H2,1H3,(H3-,73,74,75,76,80,81,82,83)/p+1/b49-3+,50-47+. The predicted molar refractivity (Wildman–Crippen MR) is 353 cm³/mol. The number of nitrogens with zero attached hydrogens (tertiary/aromatic N) is 3. The number of unbranched alkanes of at least 4 members (excludes halogenated alkanes) is 8. The van der Waals surface area contributed by atoms with Crippen molar-refractivity contribution in [1.29, 1.82) is 0 Å². The Morgan fingerprint density at radius 1 is 0.690 bits per heavy atom. The molecule has 0 saturated carbocycles. The van der Waals surface area contributed by atoms with Crippen LogP contribution in [0.4, 0.5) is 17.1 Å². The van der Waals surface area contributed by atoms with E-state index in [1.54, 1.807) is 19.1 Å². The highest BCUT2D eigenvalue weighted by Crippen LogP contribution is 2.54. The predicted octanol–water partition coefficient (Wildman–Crippen LogP) is 12.7. The third-order valence-corrected chi connectivity index (χ3v) is 19.6. The van der Waals surface area contributed by atoms with E-state index in [0.29, 0.717) is 50.2 Å². The van der Waals surface area contributed by atoms with Crippen molar-refractivity contribution in [3.05, 3.63) is 167 Å². The van der Waals surface area contributed by atoms with Crippen LogP contribution in [0.25, 0.3) is 22.0 Å². The molecule has 2 atom stereocenters. The number of benzene rings is 4. The van der Waals surface area contributed by atoms with Crippen molar-refractivity contribution in [3.63, 3.8) is 0 Å². The van der Waals surface area contributed by atoms with E-state index < -0.39 is 0 Å². The van der Waals surface area contributed by atoms with Gasteiger partial charge < -0.3 is 45.9 Å². The summed E-state index contributed by atoms with van der Waals surface area (Å²) in [6, 6.07) is 32.3. The Bertz CT molecular complexity index is 3530. The molecule has 6 aliphatic rings. The lowest BCUT2D eigenvalue weighted by Crippen LogP contribution is -2.38. The van der Waals surface area contributed by atoms with Gasteiger partial charge in [-0.15, -0.1) is 11.8 Å².